The van der Waals surface area contributed by atoms with E-state index in [2.05, 4.69) is 26.6 Å². The molecule has 3 rings (SSSR count). The number of halogens is 2. The van der Waals surface area contributed by atoms with Crippen molar-refractivity contribution in [1.29, 1.82) is 0 Å². The van der Waals surface area contributed by atoms with Gasteiger partial charge in [0.25, 0.3) is 0 Å². The maximum atomic E-state index is 14.3. The maximum Gasteiger partial charge on any atom is 0.242 e. The lowest BCUT2D eigenvalue weighted by atomic mass is 10.0. The SMILES string of the molecule is CCO[C@@H]1CN(C(=O)[C@@H]2C[C@H]2c2c(F)cccc2Br)C[C@H]1CNC(=O)C(NC(C)=O)C(C)C. The van der Waals surface area contributed by atoms with Gasteiger partial charge in [-0.2, -0.15) is 0 Å². The van der Waals surface area contributed by atoms with Gasteiger partial charge in [-0.3, -0.25) is 14.4 Å². The third kappa shape index (κ3) is 6.12. The largest absolute Gasteiger partial charge is 0.376 e. The van der Waals surface area contributed by atoms with Gasteiger partial charge in [-0.05, 0) is 31.4 Å². The van der Waals surface area contributed by atoms with Crippen LogP contribution in [-0.2, 0) is 19.1 Å². The van der Waals surface area contributed by atoms with Crippen LogP contribution in [0.1, 0.15) is 45.6 Å². The van der Waals surface area contributed by atoms with Gasteiger partial charge in [0.15, 0.2) is 0 Å². The molecule has 2 N–H and O–H groups in total. The van der Waals surface area contributed by atoms with Crippen molar-refractivity contribution in [2.45, 2.75) is 52.2 Å². The van der Waals surface area contributed by atoms with Crippen LogP contribution in [0.2, 0.25) is 0 Å². The maximum absolute atomic E-state index is 14.3. The van der Waals surface area contributed by atoms with Crippen molar-refractivity contribution < 1.29 is 23.5 Å². The van der Waals surface area contributed by atoms with E-state index >= 15 is 0 Å². The van der Waals surface area contributed by atoms with Crippen molar-refractivity contribution in [3.05, 3.63) is 34.1 Å². The Hall–Kier alpha value is -2.00. The van der Waals surface area contributed by atoms with Gasteiger partial charge in [0.05, 0.1) is 6.10 Å². The molecule has 3 amide bonds. The predicted octanol–water partition coefficient (Wildman–Crippen LogP) is 2.83. The Morgan fingerprint density at radius 3 is 2.61 bits per heavy atom. The molecule has 2 aliphatic rings. The summed E-state index contributed by atoms with van der Waals surface area (Å²) in [6.45, 7) is 8.82. The Balaban J connectivity index is 1.61. The minimum absolute atomic E-state index is 0.00647. The first-order valence-electron chi connectivity index (χ1n) is 11.5. The molecule has 0 bridgehead atoms. The molecule has 2 fully saturated rings. The van der Waals surface area contributed by atoms with Crippen LogP contribution in [-0.4, -0.2) is 61.0 Å². The van der Waals surface area contributed by atoms with Gasteiger partial charge in [-0.15, -0.1) is 0 Å². The third-order valence-electron chi connectivity index (χ3n) is 6.40. The average molecular weight is 526 g/mol. The highest BCUT2D eigenvalue weighted by molar-refractivity contribution is 9.10. The fraction of sp³-hybridized carbons (Fsp3) is 0.625. The molecule has 0 radical (unpaired) electrons. The van der Waals surface area contributed by atoms with Crippen molar-refractivity contribution in [3.63, 3.8) is 0 Å². The molecular formula is C24H33BrFN3O4. The molecule has 5 atom stereocenters. The highest BCUT2D eigenvalue weighted by Gasteiger charge is 2.49. The second-order valence-corrected chi connectivity index (χ2v) is 10.1. The number of carbonyl (C=O) groups is 3. The van der Waals surface area contributed by atoms with Gasteiger partial charge >= 0.3 is 0 Å². The fourth-order valence-corrected chi connectivity index (χ4v) is 5.24. The standard InChI is InChI=1S/C24H33BrFN3O4/c1-5-33-20-12-29(11-15(20)10-27-23(31)22(13(2)3)28-14(4)30)24(32)17-9-16(17)21-18(25)7-6-8-19(21)26/h6-8,13,15-17,20,22H,5,9-12H2,1-4H3,(H,27,31)(H,28,30)/t15-,16-,17-,20-,22?/m1/s1. The molecule has 33 heavy (non-hydrogen) atoms. The summed E-state index contributed by atoms with van der Waals surface area (Å²) in [5.41, 5.74) is 0.568. The van der Waals surface area contributed by atoms with Crippen LogP contribution >= 0.6 is 15.9 Å². The zero-order valence-electron chi connectivity index (χ0n) is 19.6. The smallest absolute Gasteiger partial charge is 0.242 e. The molecule has 1 aliphatic heterocycles. The third-order valence-corrected chi connectivity index (χ3v) is 7.09. The van der Waals surface area contributed by atoms with Crippen LogP contribution in [0.3, 0.4) is 0 Å². The number of nitrogens with zero attached hydrogens (tertiary/aromatic N) is 1. The fourth-order valence-electron chi connectivity index (χ4n) is 4.60. The first-order chi connectivity index (χ1) is 15.6. The molecule has 1 aromatic carbocycles. The summed E-state index contributed by atoms with van der Waals surface area (Å²) in [6.07, 6.45) is 0.442. The van der Waals surface area contributed by atoms with Crippen molar-refractivity contribution in [1.82, 2.24) is 15.5 Å². The Bertz CT molecular complexity index is 876. The molecule has 1 saturated carbocycles. The minimum Gasteiger partial charge on any atom is -0.376 e. The van der Waals surface area contributed by atoms with E-state index in [1.807, 2.05) is 20.8 Å². The lowest BCUT2D eigenvalue weighted by Gasteiger charge is -2.23. The molecule has 1 aromatic rings. The zero-order chi connectivity index (χ0) is 24.3. The zero-order valence-corrected chi connectivity index (χ0v) is 21.2. The van der Waals surface area contributed by atoms with Gasteiger partial charge in [0, 0.05) is 61.0 Å². The number of rotatable bonds is 9. The topological polar surface area (TPSA) is 87.7 Å². The Labute approximate surface area is 202 Å². The second-order valence-electron chi connectivity index (χ2n) is 9.25. The lowest BCUT2D eigenvalue weighted by molar-refractivity contribution is -0.132. The number of hydrogen-bond acceptors (Lipinski definition) is 4. The monoisotopic (exact) mass is 525 g/mol. The summed E-state index contributed by atoms with van der Waals surface area (Å²) in [7, 11) is 0. The molecule has 7 nitrogen and oxygen atoms in total. The Morgan fingerprint density at radius 1 is 1.27 bits per heavy atom. The Morgan fingerprint density at radius 2 is 2.00 bits per heavy atom. The van der Waals surface area contributed by atoms with E-state index in [4.69, 9.17) is 4.74 Å². The van der Waals surface area contributed by atoms with E-state index in [0.29, 0.717) is 42.7 Å². The number of nitrogens with one attached hydrogen (secondary N) is 2. The number of hydrogen-bond donors (Lipinski definition) is 2. The molecule has 9 heteroatoms. The highest BCUT2D eigenvalue weighted by atomic mass is 79.9. The number of carbonyl (C=O) groups excluding carboxylic acids is 3. The molecule has 1 aliphatic carbocycles. The van der Waals surface area contributed by atoms with Gasteiger partial charge < -0.3 is 20.3 Å². The van der Waals surface area contributed by atoms with Crippen molar-refractivity contribution >= 4 is 33.7 Å². The molecule has 0 aromatic heterocycles. The predicted molar refractivity (Wildman–Crippen MR) is 126 cm³/mol. The molecule has 1 heterocycles. The van der Waals surface area contributed by atoms with Gasteiger partial charge in [-0.25, -0.2) is 4.39 Å². The first kappa shape index (κ1) is 25.6. The van der Waals surface area contributed by atoms with Crippen LogP contribution in [0.15, 0.2) is 22.7 Å². The van der Waals surface area contributed by atoms with Crippen molar-refractivity contribution in [2.75, 3.05) is 26.2 Å². The second kappa shape index (κ2) is 11.0. The van der Waals surface area contributed by atoms with Crippen LogP contribution in [0, 0.1) is 23.6 Å². The van der Waals surface area contributed by atoms with E-state index in [-0.39, 0.29) is 53.3 Å². The van der Waals surface area contributed by atoms with Crippen molar-refractivity contribution in [2.24, 2.45) is 17.8 Å². The lowest BCUT2D eigenvalue weighted by Crippen LogP contribution is -2.50. The van der Waals surface area contributed by atoms with Crippen LogP contribution in [0.4, 0.5) is 4.39 Å². The van der Waals surface area contributed by atoms with E-state index in [0.717, 1.165) is 0 Å². The number of amides is 3. The molecule has 182 valence electrons. The quantitative estimate of drug-likeness (QED) is 0.518. The Kier molecular flexibility index (Phi) is 8.50. The van der Waals surface area contributed by atoms with Crippen LogP contribution in [0.25, 0.3) is 0 Å². The molecule has 0 spiro atoms. The van der Waals surface area contributed by atoms with E-state index in [1.54, 1.807) is 17.0 Å². The van der Waals surface area contributed by atoms with E-state index in [1.165, 1.54) is 13.0 Å². The van der Waals surface area contributed by atoms with E-state index < -0.39 is 6.04 Å². The number of ether oxygens (including phenoxy) is 1. The normalized spacial score (nSPS) is 25.1. The minimum atomic E-state index is -0.612. The first-order valence-corrected chi connectivity index (χ1v) is 12.3. The van der Waals surface area contributed by atoms with Gasteiger partial charge in [0.1, 0.15) is 11.9 Å². The number of benzene rings is 1. The summed E-state index contributed by atoms with van der Waals surface area (Å²) in [5, 5.41) is 5.62. The van der Waals surface area contributed by atoms with Crippen LogP contribution < -0.4 is 10.6 Å². The molecular weight excluding hydrogens is 493 g/mol. The summed E-state index contributed by atoms with van der Waals surface area (Å²) in [4.78, 5) is 39.0. The highest BCUT2D eigenvalue weighted by Crippen LogP contribution is 2.51. The molecule has 1 unspecified atom stereocenters. The van der Waals surface area contributed by atoms with Gasteiger partial charge in [-0.1, -0.05) is 35.8 Å². The molecule has 1 saturated heterocycles. The van der Waals surface area contributed by atoms with E-state index in [9.17, 15) is 18.8 Å². The number of likely N-dealkylation sites (tertiary alicyclic amines) is 1. The summed E-state index contributed by atoms with van der Waals surface area (Å²) in [5.74, 6) is -1.25. The van der Waals surface area contributed by atoms with Gasteiger partial charge in [0.2, 0.25) is 17.7 Å². The van der Waals surface area contributed by atoms with Crippen LogP contribution in [0.5, 0.6) is 0 Å². The van der Waals surface area contributed by atoms with Crippen molar-refractivity contribution in [3.8, 4) is 0 Å². The summed E-state index contributed by atoms with van der Waals surface area (Å²) < 4.78 is 20.9. The average Bonchev–Trinajstić information content (AvgIpc) is 3.42. The summed E-state index contributed by atoms with van der Waals surface area (Å²) in [6, 6.07) is 4.25. The summed E-state index contributed by atoms with van der Waals surface area (Å²) >= 11 is 3.41.